The fourth-order valence-electron chi connectivity index (χ4n) is 2.66. The Morgan fingerprint density at radius 2 is 1.55 bits per heavy atom. The second kappa shape index (κ2) is 7.18. The van der Waals surface area contributed by atoms with Crippen LogP contribution in [0.25, 0.3) is 10.8 Å². The van der Waals surface area contributed by atoms with Crippen LogP contribution in [0, 0.1) is 0 Å². The first kappa shape index (κ1) is 14.7. The van der Waals surface area contributed by atoms with Crippen LogP contribution >= 0.6 is 0 Å². The van der Waals surface area contributed by atoms with Crippen LogP contribution in [0.4, 0.5) is 0 Å². The van der Waals surface area contributed by atoms with Crippen molar-refractivity contribution in [3.8, 4) is 11.5 Å². The molecule has 2 rings (SSSR count). The number of unbranched alkanes of at least 4 members (excludes halogenated alkanes) is 5. The van der Waals surface area contributed by atoms with E-state index in [0.717, 1.165) is 29.2 Å². The van der Waals surface area contributed by atoms with Gasteiger partial charge >= 0.3 is 0 Å². The van der Waals surface area contributed by atoms with Crippen molar-refractivity contribution < 1.29 is 10.2 Å². The average molecular weight is 272 g/mol. The summed E-state index contributed by atoms with van der Waals surface area (Å²) in [5, 5.41) is 21.9. The van der Waals surface area contributed by atoms with E-state index in [2.05, 4.69) is 6.92 Å². The summed E-state index contributed by atoms with van der Waals surface area (Å²) in [5.41, 5.74) is 0.858. The van der Waals surface area contributed by atoms with Crippen molar-refractivity contribution >= 4 is 10.8 Å². The quantitative estimate of drug-likeness (QED) is 0.540. The monoisotopic (exact) mass is 272 g/mol. The molecule has 2 heteroatoms. The van der Waals surface area contributed by atoms with Gasteiger partial charge in [-0.25, -0.2) is 0 Å². The first-order valence-electron chi connectivity index (χ1n) is 7.66. The topological polar surface area (TPSA) is 40.5 Å². The van der Waals surface area contributed by atoms with Gasteiger partial charge in [-0.3, -0.25) is 0 Å². The first-order valence-corrected chi connectivity index (χ1v) is 7.66. The minimum absolute atomic E-state index is 0.0177. The molecule has 0 spiro atoms. The fourth-order valence-corrected chi connectivity index (χ4v) is 2.66. The molecule has 2 aromatic carbocycles. The average Bonchev–Trinajstić information content (AvgIpc) is 2.47. The summed E-state index contributed by atoms with van der Waals surface area (Å²) in [6, 6.07) is 9.62. The highest BCUT2D eigenvalue weighted by molar-refractivity contribution is 5.91. The molecule has 20 heavy (non-hydrogen) atoms. The van der Waals surface area contributed by atoms with E-state index in [1.165, 1.54) is 32.1 Å². The van der Waals surface area contributed by atoms with Crippen LogP contribution < -0.4 is 0 Å². The third-order valence-electron chi connectivity index (χ3n) is 3.87. The minimum atomic E-state index is 0.0177. The third-order valence-corrected chi connectivity index (χ3v) is 3.87. The third kappa shape index (κ3) is 3.44. The lowest BCUT2D eigenvalue weighted by Gasteiger charge is -2.10. The Balaban J connectivity index is 2.01. The van der Waals surface area contributed by atoms with Crippen molar-refractivity contribution in [1.29, 1.82) is 0 Å². The summed E-state index contributed by atoms with van der Waals surface area (Å²) in [6.45, 7) is 2.22. The van der Waals surface area contributed by atoms with Crippen molar-refractivity contribution in [3.63, 3.8) is 0 Å². The summed E-state index contributed by atoms with van der Waals surface area (Å²) in [5.74, 6) is 0.0707. The molecule has 0 unspecified atom stereocenters. The Bertz CT molecular complexity index is 561. The van der Waals surface area contributed by atoms with Gasteiger partial charge in [-0.05, 0) is 29.9 Å². The van der Waals surface area contributed by atoms with Crippen molar-refractivity contribution in [2.75, 3.05) is 0 Å². The van der Waals surface area contributed by atoms with E-state index >= 15 is 0 Å². The molecule has 0 bridgehead atoms. The lowest BCUT2D eigenvalue weighted by atomic mass is 9.99. The van der Waals surface area contributed by atoms with E-state index in [1.54, 1.807) is 0 Å². The van der Waals surface area contributed by atoms with E-state index in [-0.39, 0.29) is 11.5 Å². The molecule has 0 amide bonds. The zero-order valence-electron chi connectivity index (χ0n) is 12.2. The zero-order chi connectivity index (χ0) is 14.4. The van der Waals surface area contributed by atoms with Crippen molar-refractivity contribution in [1.82, 2.24) is 0 Å². The van der Waals surface area contributed by atoms with Gasteiger partial charge in [0.25, 0.3) is 0 Å². The fraction of sp³-hybridized carbons (Fsp3) is 0.444. The number of aromatic hydroxyl groups is 2. The van der Waals surface area contributed by atoms with Gasteiger partial charge in [0.2, 0.25) is 0 Å². The summed E-state index contributed by atoms with van der Waals surface area (Å²) in [6.07, 6.45) is 8.21. The lowest BCUT2D eigenvalue weighted by Crippen LogP contribution is -1.89. The predicted molar refractivity (Wildman–Crippen MR) is 84.4 cm³/mol. The molecule has 0 saturated heterocycles. The maximum atomic E-state index is 10.1. The number of phenolic OH excluding ortho intramolecular Hbond substituents is 2. The van der Waals surface area contributed by atoms with Crippen LogP contribution in [0.2, 0.25) is 0 Å². The van der Waals surface area contributed by atoms with E-state index in [9.17, 15) is 10.2 Å². The molecule has 0 aromatic heterocycles. The molecule has 0 atom stereocenters. The number of rotatable bonds is 7. The van der Waals surface area contributed by atoms with Crippen LogP contribution in [0.3, 0.4) is 0 Å². The minimum Gasteiger partial charge on any atom is -0.504 e. The van der Waals surface area contributed by atoms with E-state index in [0.29, 0.717) is 0 Å². The largest absolute Gasteiger partial charge is 0.504 e. The Morgan fingerprint density at radius 3 is 2.35 bits per heavy atom. The van der Waals surface area contributed by atoms with Crippen molar-refractivity contribution in [3.05, 3.63) is 35.9 Å². The van der Waals surface area contributed by atoms with Gasteiger partial charge in [0, 0.05) is 5.39 Å². The molecule has 0 fully saturated rings. The van der Waals surface area contributed by atoms with Crippen LogP contribution in [-0.2, 0) is 6.42 Å². The van der Waals surface area contributed by atoms with Gasteiger partial charge in [0.1, 0.15) is 0 Å². The molecule has 2 N–H and O–H groups in total. The van der Waals surface area contributed by atoms with Gasteiger partial charge in [-0.15, -0.1) is 0 Å². The Hall–Kier alpha value is -1.70. The lowest BCUT2D eigenvalue weighted by molar-refractivity contribution is 0.403. The molecule has 0 saturated carbocycles. The second-order valence-electron chi connectivity index (χ2n) is 5.47. The molecule has 2 aromatic rings. The van der Waals surface area contributed by atoms with Crippen molar-refractivity contribution in [2.24, 2.45) is 0 Å². The predicted octanol–water partition coefficient (Wildman–Crippen LogP) is 5.15. The van der Waals surface area contributed by atoms with Gasteiger partial charge in [0.05, 0.1) is 0 Å². The molecule has 0 heterocycles. The SMILES string of the molecule is CCCCCCCCc1cc2ccccc2c(O)c1O. The van der Waals surface area contributed by atoms with Crippen molar-refractivity contribution in [2.45, 2.75) is 51.9 Å². The summed E-state index contributed by atoms with van der Waals surface area (Å²) < 4.78 is 0. The number of phenols is 2. The summed E-state index contributed by atoms with van der Waals surface area (Å²) >= 11 is 0. The number of fused-ring (bicyclic) bond motifs is 1. The highest BCUT2D eigenvalue weighted by Gasteiger charge is 2.11. The number of hydrogen-bond donors (Lipinski definition) is 2. The standard InChI is InChI=1S/C18H24O2/c1-2-3-4-5-6-7-11-15-13-14-10-8-9-12-16(14)18(20)17(15)19/h8-10,12-13,19-20H,2-7,11H2,1H3. The maximum absolute atomic E-state index is 10.1. The normalized spacial score (nSPS) is 11.1. The maximum Gasteiger partial charge on any atom is 0.165 e. The molecule has 2 nitrogen and oxygen atoms in total. The first-order chi connectivity index (χ1) is 9.74. The van der Waals surface area contributed by atoms with Gasteiger partial charge in [-0.2, -0.15) is 0 Å². The van der Waals surface area contributed by atoms with Crippen LogP contribution in [0.5, 0.6) is 11.5 Å². The van der Waals surface area contributed by atoms with Gasteiger partial charge in [0.15, 0.2) is 11.5 Å². The van der Waals surface area contributed by atoms with Crippen LogP contribution in [0.1, 0.15) is 51.0 Å². The molecule has 0 aliphatic carbocycles. The smallest absolute Gasteiger partial charge is 0.165 e. The molecule has 108 valence electrons. The molecule has 0 aliphatic rings. The number of hydrogen-bond acceptors (Lipinski definition) is 2. The van der Waals surface area contributed by atoms with E-state index in [1.807, 2.05) is 30.3 Å². The Morgan fingerprint density at radius 1 is 0.850 bits per heavy atom. The summed E-state index contributed by atoms with van der Waals surface area (Å²) in [7, 11) is 0. The van der Waals surface area contributed by atoms with Crippen LogP contribution in [-0.4, -0.2) is 10.2 Å². The molecular weight excluding hydrogens is 248 g/mol. The second-order valence-corrected chi connectivity index (χ2v) is 5.47. The van der Waals surface area contributed by atoms with Gasteiger partial charge in [-0.1, -0.05) is 63.3 Å². The highest BCUT2D eigenvalue weighted by atomic mass is 16.3. The number of aryl methyl sites for hydroxylation is 1. The van der Waals surface area contributed by atoms with E-state index < -0.39 is 0 Å². The molecular formula is C18H24O2. The zero-order valence-corrected chi connectivity index (χ0v) is 12.2. The van der Waals surface area contributed by atoms with Gasteiger partial charge < -0.3 is 10.2 Å². The Kier molecular flexibility index (Phi) is 5.28. The number of benzene rings is 2. The highest BCUT2D eigenvalue weighted by Crippen LogP contribution is 2.37. The van der Waals surface area contributed by atoms with E-state index in [4.69, 9.17) is 0 Å². The summed E-state index contributed by atoms with van der Waals surface area (Å²) in [4.78, 5) is 0. The molecule has 0 aliphatic heterocycles. The van der Waals surface area contributed by atoms with Crippen LogP contribution in [0.15, 0.2) is 30.3 Å². The Labute approximate surface area is 121 Å². The molecule has 0 radical (unpaired) electrons.